The molecule has 2 rings (SSSR count). The average molecular weight is 253 g/mol. The van der Waals surface area contributed by atoms with Crippen LogP contribution in [0.3, 0.4) is 0 Å². The number of likely N-dealkylation sites (tertiary alicyclic amines) is 1. The number of nitrogens with zero attached hydrogens (tertiary/aromatic N) is 1. The standard InChI is InChI=1S/C14H27N3O/c1-17-8-5-12(11-17)4-7-16-14(18)9-13-3-2-6-15-10-13/h12-13,15H,2-11H2,1H3,(H,16,18). The van der Waals surface area contributed by atoms with E-state index in [-0.39, 0.29) is 5.91 Å². The zero-order chi connectivity index (χ0) is 12.8. The Balaban J connectivity index is 1.54. The summed E-state index contributed by atoms with van der Waals surface area (Å²) in [7, 11) is 2.18. The molecule has 0 aliphatic carbocycles. The highest BCUT2D eigenvalue weighted by molar-refractivity contribution is 5.76. The predicted octanol–water partition coefficient (Wildman–Crippen LogP) is 0.834. The van der Waals surface area contributed by atoms with Gasteiger partial charge in [-0.05, 0) is 64.2 Å². The Kier molecular flexibility index (Phi) is 5.45. The Bertz CT molecular complexity index is 264. The lowest BCUT2D eigenvalue weighted by atomic mass is 9.96. The molecule has 0 spiro atoms. The minimum atomic E-state index is 0.245. The molecule has 2 atom stereocenters. The van der Waals surface area contributed by atoms with Crippen LogP contribution < -0.4 is 10.6 Å². The average Bonchev–Trinajstić information content (AvgIpc) is 2.76. The van der Waals surface area contributed by atoms with Gasteiger partial charge < -0.3 is 15.5 Å². The first-order valence-corrected chi connectivity index (χ1v) is 7.40. The largest absolute Gasteiger partial charge is 0.356 e. The van der Waals surface area contributed by atoms with E-state index < -0.39 is 0 Å². The van der Waals surface area contributed by atoms with Crippen molar-refractivity contribution in [1.29, 1.82) is 0 Å². The van der Waals surface area contributed by atoms with Crippen molar-refractivity contribution in [3.63, 3.8) is 0 Å². The summed E-state index contributed by atoms with van der Waals surface area (Å²) in [5.41, 5.74) is 0. The second-order valence-electron chi connectivity index (χ2n) is 5.97. The van der Waals surface area contributed by atoms with E-state index in [1.54, 1.807) is 0 Å². The number of nitrogens with one attached hydrogen (secondary N) is 2. The maximum absolute atomic E-state index is 11.8. The van der Waals surface area contributed by atoms with Crippen molar-refractivity contribution in [1.82, 2.24) is 15.5 Å². The lowest BCUT2D eigenvalue weighted by Gasteiger charge is -2.22. The quantitative estimate of drug-likeness (QED) is 0.763. The zero-order valence-corrected chi connectivity index (χ0v) is 11.6. The van der Waals surface area contributed by atoms with Crippen LogP contribution in [0.2, 0.25) is 0 Å². The Labute approximate surface area is 110 Å². The van der Waals surface area contributed by atoms with Gasteiger partial charge in [0.25, 0.3) is 0 Å². The SMILES string of the molecule is CN1CCC(CCNC(=O)CC2CCCNC2)C1. The van der Waals surface area contributed by atoms with Crippen molar-refractivity contribution >= 4 is 5.91 Å². The van der Waals surface area contributed by atoms with E-state index in [0.29, 0.717) is 12.3 Å². The molecule has 0 aromatic carbocycles. The normalized spacial score (nSPS) is 29.4. The topological polar surface area (TPSA) is 44.4 Å². The van der Waals surface area contributed by atoms with Crippen molar-refractivity contribution in [3.8, 4) is 0 Å². The lowest BCUT2D eigenvalue weighted by Crippen LogP contribution is -2.34. The zero-order valence-electron chi connectivity index (χ0n) is 11.6. The monoisotopic (exact) mass is 253 g/mol. The fourth-order valence-corrected chi connectivity index (χ4v) is 3.11. The van der Waals surface area contributed by atoms with E-state index in [1.165, 1.54) is 32.4 Å². The summed E-state index contributed by atoms with van der Waals surface area (Å²) in [4.78, 5) is 14.2. The molecule has 2 heterocycles. The van der Waals surface area contributed by atoms with Crippen LogP contribution in [0.5, 0.6) is 0 Å². The smallest absolute Gasteiger partial charge is 0.220 e. The van der Waals surface area contributed by atoms with Gasteiger partial charge in [-0.3, -0.25) is 4.79 Å². The molecule has 104 valence electrons. The predicted molar refractivity (Wildman–Crippen MR) is 73.4 cm³/mol. The van der Waals surface area contributed by atoms with Crippen molar-refractivity contribution < 1.29 is 4.79 Å². The molecule has 2 saturated heterocycles. The minimum absolute atomic E-state index is 0.245. The van der Waals surface area contributed by atoms with Crippen LogP contribution in [0.15, 0.2) is 0 Å². The Morgan fingerprint density at radius 3 is 2.94 bits per heavy atom. The first kappa shape index (κ1) is 13.8. The van der Waals surface area contributed by atoms with Crippen LogP contribution in [0.1, 0.15) is 32.1 Å². The van der Waals surface area contributed by atoms with Gasteiger partial charge in [0.05, 0.1) is 0 Å². The molecule has 2 N–H and O–H groups in total. The number of hydrogen-bond donors (Lipinski definition) is 2. The molecule has 0 bridgehead atoms. The highest BCUT2D eigenvalue weighted by Crippen LogP contribution is 2.17. The Morgan fingerprint density at radius 1 is 1.39 bits per heavy atom. The second kappa shape index (κ2) is 7.10. The number of rotatable bonds is 5. The van der Waals surface area contributed by atoms with Gasteiger partial charge in [-0.2, -0.15) is 0 Å². The van der Waals surface area contributed by atoms with Gasteiger partial charge in [0.1, 0.15) is 0 Å². The van der Waals surface area contributed by atoms with Crippen LogP contribution in [-0.2, 0) is 4.79 Å². The molecule has 2 unspecified atom stereocenters. The summed E-state index contributed by atoms with van der Waals surface area (Å²) in [6, 6.07) is 0. The lowest BCUT2D eigenvalue weighted by molar-refractivity contribution is -0.122. The molecule has 4 heteroatoms. The van der Waals surface area contributed by atoms with Crippen molar-refractivity contribution in [2.45, 2.75) is 32.1 Å². The van der Waals surface area contributed by atoms with E-state index in [9.17, 15) is 4.79 Å². The number of carbonyl (C=O) groups excluding carboxylic acids is 1. The molecular weight excluding hydrogens is 226 g/mol. The summed E-state index contributed by atoms with van der Waals surface area (Å²) < 4.78 is 0. The Morgan fingerprint density at radius 2 is 2.28 bits per heavy atom. The van der Waals surface area contributed by atoms with Crippen LogP contribution in [0.4, 0.5) is 0 Å². The van der Waals surface area contributed by atoms with Gasteiger partial charge >= 0.3 is 0 Å². The van der Waals surface area contributed by atoms with E-state index in [0.717, 1.165) is 32.0 Å². The summed E-state index contributed by atoms with van der Waals surface area (Å²) in [6.07, 6.45) is 5.55. The number of amides is 1. The van der Waals surface area contributed by atoms with Crippen molar-refractivity contribution in [3.05, 3.63) is 0 Å². The highest BCUT2D eigenvalue weighted by atomic mass is 16.1. The highest BCUT2D eigenvalue weighted by Gasteiger charge is 2.20. The van der Waals surface area contributed by atoms with Crippen LogP contribution in [0, 0.1) is 11.8 Å². The number of hydrogen-bond acceptors (Lipinski definition) is 3. The third-order valence-electron chi connectivity index (χ3n) is 4.24. The fourth-order valence-electron chi connectivity index (χ4n) is 3.11. The summed E-state index contributed by atoms with van der Waals surface area (Å²) in [6.45, 7) is 5.40. The maximum Gasteiger partial charge on any atom is 0.220 e. The molecule has 0 aromatic rings. The van der Waals surface area contributed by atoms with Crippen molar-refractivity contribution in [2.75, 3.05) is 39.8 Å². The van der Waals surface area contributed by atoms with Gasteiger partial charge in [-0.15, -0.1) is 0 Å². The van der Waals surface area contributed by atoms with Gasteiger partial charge in [0.2, 0.25) is 5.91 Å². The second-order valence-corrected chi connectivity index (χ2v) is 5.97. The molecule has 2 aliphatic rings. The maximum atomic E-state index is 11.8. The van der Waals surface area contributed by atoms with Crippen molar-refractivity contribution in [2.24, 2.45) is 11.8 Å². The molecule has 2 fully saturated rings. The van der Waals surface area contributed by atoms with Crippen LogP contribution >= 0.6 is 0 Å². The van der Waals surface area contributed by atoms with E-state index in [1.807, 2.05) is 0 Å². The van der Waals surface area contributed by atoms with Gasteiger partial charge in [0, 0.05) is 19.5 Å². The van der Waals surface area contributed by atoms with E-state index in [2.05, 4.69) is 22.6 Å². The van der Waals surface area contributed by atoms with Crippen LogP contribution in [-0.4, -0.2) is 50.6 Å². The van der Waals surface area contributed by atoms with E-state index >= 15 is 0 Å². The van der Waals surface area contributed by atoms with E-state index in [4.69, 9.17) is 0 Å². The third kappa shape index (κ3) is 4.58. The van der Waals surface area contributed by atoms with Gasteiger partial charge in [-0.1, -0.05) is 0 Å². The molecule has 4 nitrogen and oxygen atoms in total. The molecule has 2 aliphatic heterocycles. The molecular formula is C14H27N3O. The van der Waals surface area contributed by atoms with Gasteiger partial charge in [0.15, 0.2) is 0 Å². The summed E-state index contributed by atoms with van der Waals surface area (Å²) >= 11 is 0. The minimum Gasteiger partial charge on any atom is -0.356 e. The number of piperidine rings is 1. The molecule has 0 aromatic heterocycles. The molecule has 0 radical (unpaired) electrons. The summed E-state index contributed by atoms with van der Waals surface area (Å²) in [5, 5.41) is 6.45. The fraction of sp³-hybridized carbons (Fsp3) is 0.929. The molecule has 1 amide bonds. The third-order valence-corrected chi connectivity index (χ3v) is 4.24. The van der Waals surface area contributed by atoms with Gasteiger partial charge in [-0.25, -0.2) is 0 Å². The Hall–Kier alpha value is -0.610. The molecule has 0 saturated carbocycles. The number of carbonyl (C=O) groups is 1. The first-order chi connectivity index (χ1) is 8.74. The van der Waals surface area contributed by atoms with Crippen LogP contribution in [0.25, 0.3) is 0 Å². The molecule has 18 heavy (non-hydrogen) atoms. The first-order valence-electron chi connectivity index (χ1n) is 7.40. The summed E-state index contributed by atoms with van der Waals surface area (Å²) in [5.74, 6) is 1.58.